The minimum absolute atomic E-state index is 0.257. The normalized spacial score (nSPS) is 14.0. The Morgan fingerprint density at radius 2 is 1.85 bits per heavy atom. The van der Waals surface area contributed by atoms with E-state index in [4.69, 9.17) is 18.9 Å². The van der Waals surface area contributed by atoms with Crippen LogP contribution < -0.4 is 9.47 Å². The first-order valence-corrected chi connectivity index (χ1v) is 9.54. The highest BCUT2D eigenvalue weighted by molar-refractivity contribution is 5.69. The van der Waals surface area contributed by atoms with Gasteiger partial charge in [-0.2, -0.15) is 0 Å². The minimum Gasteiger partial charge on any atom is -0.493 e. The number of aryl methyl sites for hydroxylation is 1. The van der Waals surface area contributed by atoms with Gasteiger partial charge in [-0.1, -0.05) is 0 Å². The number of methoxy groups -OCH3 is 2. The number of benzene rings is 1. The van der Waals surface area contributed by atoms with E-state index in [9.17, 15) is 4.79 Å². The first kappa shape index (κ1) is 21.4. The Labute approximate surface area is 162 Å². The second kappa shape index (κ2) is 9.31. The van der Waals surface area contributed by atoms with Crippen LogP contribution in [0.2, 0.25) is 0 Å². The van der Waals surface area contributed by atoms with Gasteiger partial charge in [-0.15, -0.1) is 0 Å². The van der Waals surface area contributed by atoms with Crippen molar-refractivity contribution in [3.8, 4) is 11.5 Å². The van der Waals surface area contributed by atoms with E-state index >= 15 is 0 Å². The van der Waals surface area contributed by atoms with Crippen LogP contribution in [-0.2, 0) is 16.0 Å². The summed E-state index contributed by atoms with van der Waals surface area (Å²) < 4.78 is 22.0. The lowest BCUT2D eigenvalue weighted by Crippen LogP contribution is -2.38. The van der Waals surface area contributed by atoms with Crippen molar-refractivity contribution in [1.82, 2.24) is 4.90 Å². The second-order valence-corrected chi connectivity index (χ2v) is 7.96. The molecule has 1 aliphatic carbocycles. The first-order chi connectivity index (χ1) is 12.7. The monoisotopic (exact) mass is 379 g/mol. The van der Waals surface area contributed by atoms with E-state index in [-0.39, 0.29) is 12.1 Å². The summed E-state index contributed by atoms with van der Waals surface area (Å²) in [5.74, 6) is 1.39. The first-order valence-electron chi connectivity index (χ1n) is 9.54. The van der Waals surface area contributed by atoms with Gasteiger partial charge in [0.1, 0.15) is 5.60 Å². The van der Waals surface area contributed by atoms with Crippen molar-refractivity contribution >= 4 is 6.09 Å². The number of carbonyl (C=O) groups excluding carboxylic acids is 1. The molecule has 0 atom stereocenters. The summed E-state index contributed by atoms with van der Waals surface area (Å²) in [6, 6.07) is 4.19. The van der Waals surface area contributed by atoms with Crippen LogP contribution in [0.3, 0.4) is 0 Å². The van der Waals surface area contributed by atoms with E-state index in [1.54, 1.807) is 14.2 Å². The van der Waals surface area contributed by atoms with E-state index in [1.807, 2.05) is 44.7 Å². The number of hydrogen-bond donors (Lipinski definition) is 0. The van der Waals surface area contributed by atoms with Crippen LogP contribution in [-0.4, -0.2) is 50.1 Å². The van der Waals surface area contributed by atoms with Crippen LogP contribution in [0.4, 0.5) is 4.79 Å². The van der Waals surface area contributed by atoms with Crippen LogP contribution in [0.5, 0.6) is 11.5 Å². The quantitative estimate of drug-likeness (QED) is 0.598. The molecular weight excluding hydrogens is 346 g/mol. The minimum atomic E-state index is -0.505. The van der Waals surface area contributed by atoms with E-state index in [1.165, 1.54) is 0 Å². The molecule has 152 valence electrons. The van der Waals surface area contributed by atoms with Gasteiger partial charge < -0.3 is 23.8 Å². The lowest BCUT2D eigenvalue weighted by Gasteiger charge is -2.28. The fraction of sp³-hybridized carbons (Fsp3) is 0.667. The lowest BCUT2D eigenvalue weighted by molar-refractivity contribution is 0.0216. The van der Waals surface area contributed by atoms with Gasteiger partial charge in [0, 0.05) is 32.7 Å². The molecule has 6 heteroatoms. The molecule has 1 fully saturated rings. The van der Waals surface area contributed by atoms with Crippen LogP contribution >= 0.6 is 0 Å². The summed E-state index contributed by atoms with van der Waals surface area (Å²) >= 11 is 0. The van der Waals surface area contributed by atoms with Crippen molar-refractivity contribution in [1.29, 1.82) is 0 Å². The van der Waals surface area contributed by atoms with Gasteiger partial charge in [-0.05, 0) is 63.8 Å². The molecule has 2 rings (SSSR count). The SMILES string of the molecule is COCCCOc1cc(CN(C(=O)OC(C)(C)C)C2CC2)c(C)cc1OC. The zero-order chi connectivity index (χ0) is 20.0. The average molecular weight is 379 g/mol. The fourth-order valence-corrected chi connectivity index (χ4v) is 2.76. The molecule has 6 nitrogen and oxygen atoms in total. The third-order valence-electron chi connectivity index (χ3n) is 4.33. The summed E-state index contributed by atoms with van der Waals surface area (Å²) in [6.07, 6.45) is 2.58. The molecule has 0 radical (unpaired) electrons. The summed E-state index contributed by atoms with van der Waals surface area (Å²) in [6.45, 7) is 9.39. The Hall–Kier alpha value is -1.95. The van der Waals surface area contributed by atoms with Gasteiger partial charge in [0.2, 0.25) is 0 Å². The lowest BCUT2D eigenvalue weighted by atomic mass is 10.1. The smallest absolute Gasteiger partial charge is 0.410 e. The van der Waals surface area contributed by atoms with Gasteiger partial charge in [0.25, 0.3) is 0 Å². The summed E-state index contributed by atoms with van der Waals surface area (Å²) in [5, 5.41) is 0. The molecule has 0 spiro atoms. The molecule has 1 aromatic carbocycles. The van der Waals surface area contributed by atoms with E-state index in [2.05, 4.69) is 0 Å². The Morgan fingerprint density at radius 1 is 1.15 bits per heavy atom. The van der Waals surface area contributed by atoms with E-state index in [0.29, 0.717) is 31.3 Å². The second-order valence-electron chi connectivity index (χ2n) is 7.96. The fourth-order valence-electron chi connectivity index (χ4n) is 2.76. The number of hydrogen-bond acceptors (Lipinski definition) is 5. The molecule has 0 unspecified atom stereocenters. The van der Waals surface area contributed by atoms with Crippen LogP contribution in [0.15, 0.2) is 12.1 Å². The Morgan fingerprint density at radius 3 is 2.41 bits per heavy atom. The van der Waals surface area contributed by atoms with Crippen molar-refractivity contribution in [2.24, 2.45) is 0 Å². The van der Waals surface area contributed by atoms with Gasteiger partial charge in [0.15, 0.2) is 11.5 Å². The maximum Gasteiger partial charge on any atom is 0.410 e. The highest BCUT2D eigenvalue weighted by Crippen LogP contribution is 2.34. The Kier molecular flexibility index (Phi) is 7.36. The van der Waals surface area contributed by atoms with E-state index < -0.39 is 5.60 Å². The zero-order valence-corrected chi connectivity index (χ0v) is 17.5. The number of rotatable bonds is 9. The van der Waals surface area contributed by atoms with Gasteiger partial charge in [-0.3, -0.25) is 0 Å². The maximum atomic E-state index is 12.6. The molecule has 1 aliphatic rings. The topological polar surface area (TPSA) is 57.2 Å². The molecule has 27 heavy (non-hydrogen) atoms. The Bertz CT molecular complexity index is 634. The summed E-state index contributed by atoms with van der Waals surface area (Å²) in [7, 11) is 3.31. The third kappa shape index (κ3) is 6.61. The molecule has 0 aromatic heterocycles. The predicted molar refractivity (Wildman–Crippen MR) is 105 cm³/mol. The van der Waals surface area contributed by atoms with E-state index in [0.717, 1.165) is 30.4 Å². The number of nitrogens with zero attached hydrogens (tertiary/aromatic N) is 1. The van der Waals surface area contributed by atoms with Crippen molar-refractivity contribution in [2.75, 3.05) is 27.4 Å². The largest absolute Gasteiger partial charge is 0.493 e. The summed E-state index contributed by atoms with van der Waals surface area (Å²) in [4.78, 5) is 14.5. The zero-order valence-electron chi connectivity index (χ0n) is 17.5. The van der Waals surface area contributed by atoms with Crippen molar-refractivity contribution < 1.29 is 23.7 Å². The van der Waals surface area contributed by atoms with Crippen molar-refractivity contribution in [2.45, 2.75) is 65.1 Å². The summed E-state index contributed by atoms with van der Waals surface area (Å²) in [5.41, 5.74) is 1.59. The van der Waals surface area contributed by atoms with Crippen LogP contribution in [0.25, 0.3) is 0 Å². The molecular formula is C21H33NO5. The third-order valence-corrected chi connectivity index (χ3v) is 4.33. The number of ether oxygens (including phenoxy) is 4. The molecule has 0 saturated heterocycles. The van der Waals surface area contributed by atoms with Gasteiger partial charge in [0.05, 0.1) is 13.7 Å². The molecule has 1 aromatic rings. The molecule has 0 N–H and O–H groups in total. The predicted octanol–water partition coefficient (Wildman–Crippen LogP) is 4.32. The average Bonchev–Trinajstić information content (AvgIpc) is 3.41. The van der Waals surface area contributed by atoms with Crippen LogP contribution in [0, 0.1) is 6.92 Å². The van der Waals surface area contributed by atoms with Crippen molar-refractivity contribution in [3.63, 3.8) is 0 Å². The molecule has 0 heterocycles. The highest BCUT2D eigenvalue weighted by Gasteiger charge is 2.35. The number of carbonyl (C=O) groups is 1. The Balaban J connectivity index is 2.16. The standard InChI is InChI=1S/C21H33NO5/c1-15-12-18(25-6)19(26-11-7-10-24-5)13-16(15)14-22(17-8-9-17)20(23)27-21(2,3)4/h12-13,17H,7-11,14H2,1-6H3. The maximum absolute atomic E-state index is 12.6. The van der Waals surface area contributed by atoms with Gasteiger partial charge >= 0.3 is 6.09 Å². The van der Waals surface area contributed by atoms with Crippen LogP contribution in [0.1, 0.15) is 51.2 Å². The van der Waals surface area contributed by atoms with Gasteiger partial charge in [-0.25, -0.2) is 4.79 Å². The highest BCUT2D eigenvalue weighted by atomic mass is 16.6. The molecule has 0 bridgehead atoms. The molecule has 1 amide bonds. The number of amides is 1. The van der Waals surface area contributed by atoms with Crippen molar-refractivity contribution in [3.05, 3.63) is 23.3 Å². The molecule has 0 aliphatic heterocycles. The molecule has 1 saturated carbocycles.